The standard InChI is InChI=1S/C22H15F3N4O2S2/c23-22(24,25)15-8-3-7-14(11-15)19(31)27-20-28-29-21(33-20)32-12-18(30)26-17-10-4-6-13-5-1-2-9-16(13)17/h1-11H,12H2,(H,26,30)(H,27,28,31). The van der Waals surface area contributed by atoms with E-state index in [1.807, 2.05) is 42.5 Å². The highest BCUT2D eigenvalue weighted by Crippen LogP contribution is 2.30. The lowest BCUT2D eigenvalue weighted by Gasteiger charge is -2.08. The fourth-order valence-electron chi connectivity index (χ4n) is 2.97. The predicted octanol–water partition coefficient (Wildman–Crippen LogP) is 5.69. The molecule has 0 radical (unpaired) electrons. The predicted molar refractivity (Wildman–Crippen MR) is 123 cm³/mol. The summed E-state index contributed by atoms with van der Waals surface area (Å²) >= 11 is 2.16. The molecule has 33 heavy (non-hydrogen) atoms. The first kappa shape index (κ1) is 22.7. The Kier molecular flexibility index (Phi) is 6.61. The molecule has 0 saturated heterocycles. The van der Waals surface area contributed by atoms with Gasteiger partial charge in [0.1, 0.15) is 0 Å². The van der Waals surface area contributed by atoms with Crippen LogP contribution in [0.3, 0.4) is 0 Å². The largest absolute Gasteiger partial charge is 0.416 e. The summed E-state index contributed by atoms with van der Waals surface area (Å²) in [5.41, 5.74) is -0.366. The molecular formula is C22H15F3N4O2S2. The molecular weight excluding hydrogens is 473 g/mol. The van der Waals surface area contributed by atoms with Gasteiger partial charge in [0.05, 0.1) is 11.3 Å². The number of hydrogen-bond acceptors (Lipinski definition) is 6. The number of carbonyl (C=O) groups is 2. The maximum absolute atomic E-state index is 12.8. The van der Waals surface area contributed by atoms with Gasteiger partial charge in [0.2, 0.25) is 11.0 Å². The van der Waals surface area contributed by atoms with Crippen LogP contribution in [0, 0.1) is 0 Å². The second-order valence-electron chi connectivity index (χ2n) is 6.77. The molecule has 0 unspecified atom stereocenters. The van der Waals surface area contributed by atoms with Gasteiger partial charge in [-0.15, -0.1) is 10.2 Å². The Morgan fingerprint density at radius 2 is 1.70 bits per heavy atom. The van der Waals surface area contributed by atoms with Crippen molar-refractivity contribution >= 4 is 56.5 Å². The number of benzene rings is 3. The van der Waals surface area contributed by atoms with Crippen molar-refractivity contribution in [1.82, 2.24) is 10.2 Å². The molecule has 1 heterocycles. The van der Waals surface area contributed by atoms with E-state index in [1.54, 1.807) is 0 Å². The number of fused-ring (bicyclic) bond motifs is 1. The van der Waals surface area contributed by atoms with E-state index in [2.05, 4.69) is 20.8 Å². The molecule has 3 aromatic carbocycles. The van der Waals surface area contributed by atoms with Gasteiger partial charge in [-0.05, 0) is 29.7 Å². The van der Waals surface area contributed by atoms with E-state index in [9.17, 15) is 22.8 Å². The maximum Gasteiger partial charge on any atom is 0.416 e. The molecule has 0 fully saturated rings. The Morgan fingerprint density at radius 1 is 0.939 bits per heavy atom. The summed E-state index contributed by atoms with van der Waals surface area (Å²) in [6, 6.07) is 17.4. The molecule has 0 bridgehead atoms. The van der Waals surface area contributed by atoms with Gasteiger partial charge in [-0.1, -0.05) is 65.6 Å². The summed E-state index contributed by atoms with van der Waals surface area (Å²) in [6.07, 6.45) is -4.55. The van der Waals surface area contributed by atoms with Crippen LogP contribution in [0.25, 0.3) is 10.8 Å². The Balaban J connectivity index is 1.34. The zero-order valence-corrected chi connectivity index (χ0v) is 18.4. The molecule has 0 aliphatic rings. The first-order valence-corrected chi connectivity index (χ1v) is 11.3. The molecule has 4 aromatic rings. The minimum absolute atomic E-state index is 0.0689. The number of anilines is 2. The number of nitrogens with one attached hydrogen (secondary N) is 2. The quantitative estimate of drug-likeness (QED) is 0.269. The van der Waals surface area contributed by atoms with E-state index in [1.165, 1.54) is 6.07 Å². The molecule has 0 saturated carbocycles. The van der Waals surface area contributed by atoms with Crippen LogP contribution >= 0.6 is 23.1 Å². The summed E-state index contributed by atoms with van der Waals surface area (Å²) in [6.45, 7) is 0. The second-order valence-corrected chi connectivity index (χ2v) is 8.97. The highest BCUT2D eigenvalue weighted by molar-refractivity contribution is 8.01. The summed E-state index contributed by atoms with van der Waals surface area (Å²) in [7, 11) is 0. The van der Waals surface area contributed by atoms with Gasteiger partial charge >= 0.3 is 6.18 Å². The summed E-state index contributed by atoms with van der Waals surface area (Å²) < 4.78 is 38.9. The van der Waals surface area contributed by atoms with Crippen LogP contribution in [0.1, 0.15) is 15.9 Å². The third-order valence-electron chi connectivity index (χ3n) is 4.47. The zero-order chi connectivity index (χ0) is 23.4. The van der Waals surface area contributed by atoms with Crippen molar-refractivity contribution in [3.63, 3.8) is 0 Å². The van der Waals surface area contributed by atoms with Crippen LogP contribution in [0.5, 0.6) is 0 Å². The average molecular weight is 489 g/mol. The number of halogens is 3. The maximum atomic E-state index is 12.8. The monoisotopic (exact) mass is 488 g/mol. The van der Waals surface area contributed by atoms with Crippen LogP contribution < -0.4 is 10.6 Å². The fraction of sp³-hybridized carbons (Fsp3) is 0.0909. The molecule has 0 atom stereocenters. The lowest BCUT2D eigenvalue weighted by Crippen LogP contribution is -2.14. The van der Waals surface area contributed by atoms with Gasteiger partial charge in [0.15, 0.2) is 4.34 Å². The van der Waals surface area contributed by atoms with Crippen LogP contribution in [-0.2, 0) is 11.0 Å². The van der Waals surface area contributed by atoms with Crippen molar-refractivity contribution in [1.29, 1.82) is 0 Å². The number of hydrogen-bond donors (Lipinski definition) is 2. The number of alkyl halides is 3. The van der Waals surface area contributed by atoms with E-state index < -0.39 is 17.6 Å². The van der Waals surface area contributed by atoms with E-state index >= 15 is 0 Å². The van der Waals surface area contributed by atoms with Crippen molar-refractivity contribution in [2.45, 2.75) is 10.5 Å². The van der Waals surface area contributed by atoms with Crippen molar-refractivity contribution in [2.24, 2.45) is 0 Å². The highest BCUT2D eigenvalue weighted by Gasteiger charge is 2.31. The third-order valence-corrected chi connectivity index (χ3v) is 6.44. The third kappa shape index (κ3) is 5.68. The molecule has 11 heteroatoms. The Morgan fingerprint density at radius 3 is 2.52 bits per heavy atom. The minimum atomic E-state index is -4.55. The molecule has 0 spiro atoms. The first-order chi connectivity index (χ1) is 15.8. The summed E-state index contributed by atoms with van der Waals surface area (Å²) in [5.74, 6) is -0.900. The number of carbonyl (C=O) groups excluding carboxylic acids is 2. The molecule has 168 valence electrons. The SMILES string of the molecule is O=C(CSc1nnc(NC(=O)c2cccc(C(F)(F)F)c2)s1)Nc1cccc2ccccc12. The molecule has 2 N–H and O–H groups in total. The zero-order valence-electron chi connectivity index (χ0n) is 16.7. The van der Waals surface area contributed by atoms with Crippen molar-refractivity contribution in [3.05, 3.63) is 77.9 Å². The number of rotatable bonds is 6. The van der Waals surface area contributed by atoms with Gasteiger partial charge in [0, 0.05) is 16.6 Å². The topological polar surface area (TPSA) is 84.0 Å². The van der Waals surface area contributed by atoms with Gasteiger partial charge in [0.25, 0.3) is 5.91 Å². The number of nitrogens with zero attached hydrogens (tertiary/aromatic N) is 2. The Bertz CT molecular complexity index is 1320. The van der Waals surface area contributed by atoms with E-state index in [0.29, 0.717) is 10.0 Å². The fourth-order valence-corrected chi connectivity index (χ4v) is 4.52. The summed E-state index contributed by atoms with van der Waals surface area (Å²) in [4.78, 5) is 24.6. The number of amides is 2. The number of aromatic nitrogens is 2. The lowest BCUT2D eigenvalue weighted by molar-refractivity contribution is -0.137. The molecule has 0 aliphatic heterocycles. The van der Waals surface area contributed by atoms with Gasteiger partial charge in [-0.3, -0.25) is 14.9 Å². The summed E-state index contributed by atoms with van der Waals surface area (Å²) in [5, 5.41) is 15.1. The average Bonchev–Trinajstić information content (AvgIpc) is 3.25. The molecule has 0 aliphatic carbocycles. The minimum Gasteiger partial charge on any atom is -0.325 e. The normalized spacial score (nSPS) is 11.4. The van der Waals surface area contributed by atoms with Crippen LogP contribution in [0.4, 0.5) is 24.0 Å². The van der Waals surface area contributed by atoms with Crippen LogP contribution in [0.15, 0.2) is 71.1 Å². The van der Waals surface area contributed by atoms with Crippen LogP contribution in [-0.4, -0.2) is 27.8 Å². The van der Waals surface area contributed by atoms with Crippen molar-refractivity contribution in [3.8, 4) is 0 Å². The van der Waals surface area contributed by atoms with Gasteiger partial charge in [-0.25, -0.2) is 0 Å². The molecule has 2 amide bonds. The van der Waals surface area contributed by atoms with Gasteiger partial charge < -0.3 is 5.32 Å². The molecule has 6 nitrogen and oxygen atoms in total. The Hall–Kier alpha value is -3.44. The van der Waals surface area contributed by atoms with E-state index in [-0.39, 0.29) is 22.4 Å². The first-order valence-electron chi connectivity index (χ1n) is 9.52. The second kappa shape index (κ2) is 9.59. The highest BCUT2D eigenvalue weighted by atomic mass is 32.2. The number of thioether (sulfide) groups is 1. The molecule has 4 rings (SSSR count). The van der Waals surface area contributed by atoms with E-state index in [4.69, 9.17) is 0 Å². The lowest BCUT2D eigenvalue weighted by atomic mass is 10.1. The van der Waals surface area contributed by atoms with Gasteiger partial charge in [-0.2, -0.15) is 13.2 Å². The van der Waals surface area contributed by atoms with E-state index in [0.717, 1.165) is 52.1 Å². The van der Waals surface area contributed by atoms with Crippen molar-refractivity contribution in [2.75, 3.05) is 16.4 Å². The smallest absolute Gasteiger partial charge is 0.325 e. The molecule has 1 aromatic heterocycles. The Labute approximate surface area is 194 Å². The van der Waals surface area contributed by atoms with Crippen LogP contribution in [0.2, 0.25) is 0 Å². The van der Waals surface area contributed by atoms with Crippen molar-refractivity contribution < 1.29 is 22.8 Å².